The zero-order chi connectivity index (χ0) is 11.0. The van der Waals surface area contributed by atoms with Crippen LogP contribution in [0.3, 0.4) is 0 Å². The highest BCUT2D eigenvalue weighted by atomic mass is 32.2. The molecule has 0 saturated heterocycles. The SMILES string of the molecule is O=C[C@H]1CSC(c2nc3ccccc3s2)=N1. The number of aliphatic imine (C=N–C) groups is 1. The van der Waals surface area contributed by atoms with Gasteiger partial charge >= 0.3 is 0 Å². The van der Waals surface area contributed by atoms with Crippen LogP contribution < -0.4 is 0 Å². The smallest absolute Gasteiger partial charge is 0.149 e. The van der Waals surface area contributed by atoms with Crippen molar-refractivity contribution in [1.29, 1.82) is 0 Å². The van der Waals surface area contributed by atoms with Gasteiger partial charge in [0, 0.05) is 5.75 Å². The number of nitrogens with zero attached hydrogens (tertiary/aromatic N) is 2. The second kappa shape index (κ2) is 3.99. The number of fused-ring (bicyclic) bond motifs is 1. The van der Waals surface area contributed by atoms with Crippen LogP contribution in [0.15, 0.2) is 29.3 Å². The first-order valence-electron chi connectivity index (χ1n) is 4.88. The van der Waals surface area contributed by atoms with Crippen LogP contribution in [0.2, 0.25) is 0 Å². The number of aldehydes is 1. The molecule has 0 radical (unpaired) electrons. The van der Waals surface area contributed by atoms with Gasteiger partial charge in [-0.3, -0.25) is 4.99 Å². The molecule has 0 spiro atoms. The van der Waals surface area contributed by atoms with E-state index in [4.69, 9.17) is 0 Å². The minimum Gasteiger partial charge on any atom is -0.301 e. The van der Waals surface area contributed by atoms with E-state index in [1.54, 1.807) is 23.1 Å². The molecule has 1 aliphatic heterocycles. The number of benzene rings is 1. The minimum absolute atomic E-state index is 0.188. The summed E-state index contributed by atoms with van der Waals surface area (Å²) < 4.78 is 1.16. The maximum Gasteiger partial charge on any atom is 0.149 e. The topological polar surface area (TPSA) is 42.3 Å². The van der Waals surface area contributed by atoms with Gasteiger partial charge in [0.05, 0.1) is 10.2 Å². The highest BCUT2D eigenvalue weighted by Gasteiger charge is 2.21. The van der Waals surface area contributed by atoms with Crippen molar-refractivity contribution in [3.8, 4) is 0 Å². The molecular weight excluding hydrogens is 240 g/mol. The molecule has 0 unspecified atom stereocenters. The summed E-state index contributed by atoms with van der Waals surface area (Å²) in [5.74, 6) is 0.745. The van der Waals surface area contributed by atoms with Crippen LogP contribution in [-0.2, 0) is 4.79 Å². The maximum absolute atomic E-state index is 10.6. The molecule has 0 N–H and O–H groups in total. The van der Waals surface area contributed by atoms with Crippen LogP contribution >= 0.6 is 23.1 Å². The predicted octanol–water partition coefficient (Wildman–Crippen LogP) is 2.36. The minimum atomic E-state index is -0.188. The lowest BCUT2D eigenvalue weighted by Gasteiger charge is -1.89. The zero-order valence-electron chi connectivity index (χ0n) is 8.29. The molecule has 3 nitrogen and oxygen atoms in total. The van der Waals surface area contributed by atoms with Crippen LogP contribution in [0.25, 0.3) is 10.2 Å². The Morgan fingerprint density at radius 1 is 1.38 bits per heavy atom. The number of hydrogen-bond acceptors (Lipinski definition) is 5. The molecule has 5 heteroatoms. The summed E-state index contributed by atoms with van der Waals surface area (Å²) in [6.07, 6.45) is 0.896. The van der Waals surface area contributed by atoms with Gasteiger partial charge in [-0.05, 0) is 12.1 Å². The lowest BCUT2D eigenvalue weighted by Crippen LogP contribution is -2.03. The number of aromatic nitrogens is 1. The van der Waals surface area contributed by atoms with Crippen molar-refractivity contribution >= 4 is 44.6 Å². The molecular formula is C11H8N2OS2. The molecule has 80 valence electrons. The average Bonchev–Trinajstić information content (AvgIpc) is 2.95. The molecule has 0 saturated carbocycles. The standard InChI is InChI=1S/C11H8N2OS2/c14-5-7-6-15-10(12-7)11-13-8-3-1-2-4-9(8)16-11/h1-5,7H,6H2/t7-/m0/s1. The molecule has 16 heavy (non-hydrogen) atoms. The second-order valence-electron chi connectivity index (χ2n) is 3.44. The summed E-state index contributed by atoms with van der Waals surface area (Å²) in [6, 6.07) is 7.83. The third-order valence-corrected chi connectivity index (χ3v) is 4.56. The van der Waals surface area contributed by atoms with Crippen LogP contribution in [0.5, 0.6) is 0 Å². The first-order chi connectivity index (χ1) is 7.86. The highest BCUT2D eigenvalue weighted by Crippen LogP contribution is 2.28. The number of carbonyl (C=O) groups is 1. The monoisotopic (exact) mass is 248 g/mol. The molecule has 0 bridgehead atoms. The largest absolute Gasteiger partial charge is 0.301 e. The Morgan fingerprint density at radius 3 is 3.00 bits per heavy atom. The number of hydrogen-bond donors (Lipinski definition) is 0. The van der Waals surface area contributed by atoms with Gasteiger partial charge < -0.3 is 4.79 Å². The van der Waals surface area contributed by atoms with Gasteiger partial charge in [0.15, 0.2) is 0 Å². The van der Waals surface area contributed by atoms with Crippen LogP contribution in [0.4, 0.5) is 0 Å². The number of carbonyl (C=O) groups excluding carboxylic acids is 1. The van der Waals surface area contributed by atoms with E-state index in [2.05, 4.69) is 9.98 Å². The number of para-hydroxylation sites is 1. The van der Waals surface area contributed by atoms with Gasteiger partial charge in [-0.15, -0.1) is 23.1 Å². The van der Waals surface area contributed by atoms with E-state index in [0.29, 0.717) is 0 Å². The van der Waals surface area contributed by atoms with E-state index >= 15 is 0 Å². The Labute approximate surface area is 101 Å². The Bertz CT molecular complexity index is 543. The van der Waals surface area contributed by atoms with Gasteiger partial charge in [-0.2, -0.15) is 0 Å². The summed E-state index contributed by atoms with van der Waals surface area (Å²) >= 11 is 3.24. The molecule has 2 heterocycles. The lowest BCUT2D eigenvalue weighted by molar-refractivity contribution is -0.108. The Morgan fingerprint density at radius 2 is 2.25 bits per heavy atom. The van der Waals surface area contributed by atoms with E-state index < -0.39 is 0 Å². The molecule has 1 aliphatic rings. The number of thioether (sulfide) groups is 1. The summed E-state index contributed by atoms with van der Waals surface area (Å²) in [4.78, 5) is 19.5. The molecule has 1 aromatic heterocycles. The van der Waals surface area contributed by atoms with Crippen molar-refractivity contribution in [2.45, 2.75) is 6.04 Å². The van der Waals surface area contributed by atoms with Gasteiger partial charge in [0.25, 0.3) is 0 Å². The Balaban J connectivity index is 2.03. The molecule has 3 rings (SSSR count). The first-order valence-corrected chi connectivity index (χ1v) is 6.69. The van der Waals surface area contributed by atoms with E-state index in [0.717, 1.165) is 32.3 Å². The number of rotatable bonds is 2. The van der Waals surface area contributed by atoms with Crippen molar-refractivity contribution in [1.82, 2.24) is 4.98 Å². The molecule has 1 atom stereocenters. The second-order valence-corrected chi connectivity index (χ2v) is 5.47. The van der Waals surface area contributed by atoms with Gasteiger partial charge in [0.1, 0.15) is 22.4 Å². The average molecular weight is 248 g/mol. The normalized spacial score (nSPS) is 20.0. The third-order valence-electron chi connectivity index (χ3n) is 2.31. The quantitative estimate of drug-likeness (QED) is 0.766. The van der Waals surface area contributed by atoms with Crippen molar-refractivity contribution in [3.05, 3.63) is 29.3 Å². The van der Waals surface area contributed by atoms with Crippen molar-refractivity contribution in [3.63, 3.8) is 0 Å². The Kier molecular flexibility index (Phi) is 2.49. The Hall–Kier alpha value is -1.20. The predicted molar refractivity (Wildman–Crippen MR) is 68.5 cm³/mol. The highest BCUT2D eigenvalue weighted by molar-refractivity contribution is 8.15. The fraction of sp³-hybridized carbons (Fsp3) is 0.182. The third kappa shape index (κ3) is 1.66. The number of thiazole rings is 1. The fourth-order valence-electron chi connectivity index (χ4n) is 1.54. The molecule has 1 aromatic carbocycles. The van der Waals surface area contributed by atoms with Gasteiger partial charge in [-0.1, -0.05) is 12.1 Å². The summed E-state index contributed by atoms with van der Waals surface area (Å²) in [5.41, 5.74) is 1.00. The summed E-state index contributed by atoms with van der Waals surface area (Å²) in [6.45, 7) is 0. The maximum atomic E-state index is 10.6. The van der Waals surface area contributed by atoms with Crippen molar-refractivity contribution in [2.24, 2.45) is 4.99 Å². The molecule has 0 amide bonds. The van der Waals surface area contributed by atoms with E-state index in [1.807, 2.05) is 24.3 Å². The lowest BCUT2D eigenvalue weighted by atomic mass is 10.3. The fourth-order valence-corrected chi connectivity index (χ4v) is 3.56. The van der Waals surface area contributed by atoms with Crippen molar-refractivity contribution in [2.75, 3.05) is 5.75 Å². The molecule has 0 aliphatic carbocycles. The molecule has 0 fully saturated rings. The van der Waals surface area contributed by atoms with Crippen molar-refractivity contribution < 1.29 is 4.79 Å². The summed E-state index contributed by atoms with van der Waals surface area (Å²) in [7, 11) is 0. The zero-order valence-corrected chi connectivity index (χ0v) is 9.92. The van der Waals surface area contributed by atoms with Gasteiger partial charge in [0.2, 0.25) is 0 Å². The van der Waals surface area contributed by atoms with E-state index in [-0.39, 0.29) is 6.04 Å². The van der Waals surface area contributed by atoms with Crippen LogP contribution in [0, 0.1) is 0 Å². The van der Waals surface area contributed by atoms with Crippen LogP contribution in [-0.4, -0.2) is 28.1 Å². The van der Waals surface area contributed by atoms with E-state index in [1.165, 1.54) is 0 Å². The first kappa shape index (κ1) is 9.99. The van der Waals surface area contributed by atoms with Crippen LogP contribution in [0.1, 0.15) is 5.01 Å². The van der Waals surface area contributed by atoms with E-state index in [9.17, 15) is 4.79 Å². The molecule has 2 aromatic rings. The summed E-state index contributed by atoms with van der Waals surface area (Å²) in [5, 5.41) is 1.83. The van der Waals surface area contributed by atoms with Gasteiger partial charge in [-0.25, -0.2) is 4.98 Å².